The minimum absolute atomic E-state index is 0.00543. The first kappa shape index (κ1) is 13.4. The van der Waals surface area contributed by atoms with E-state index in [1.807, 2.05) is 0 Å². The summed E-state index contributed by atoms with van der Waals surface area (Å²) < 4.78 is 0. The third-order valence-electron chi connectivity index (χ3n) is 2.92. The van der Waals surface area contributed by atoms with Crippen molar-refractivity contribution in [3.8, 4) is 0 Å². The molecule has 1 aromatic heterocycles. The van der Waals surface area contributed by atoms with E-state index in [0.29, 0.717) is 17.9 Å². The Kier molecular flexibility index (Phi) is 3.71. The molecule has 2 rings (SSSR count). The number of nitrogens with one attached hydrogen (secondary N) is 1. The fraction of sp³-hybridized carbons (Fsp3) is 0.231. The molecule has 0 aliphatic heterocycles. The molecular weight excluding hydrogens is 262 g/mol. The number of anilines is 2. The Hall–Kier alpha value is -2.08. The molecule has 2 aromatic rings. The molecule has 0 bridgehead atoms. The number of hydrogen-bond donors (Lipinski definition) is 2. The summed E-state index contributed by atoms with van der Waals surface area (Å²) in [5.74, 6) is 0. The molecule has 5 nitrogen and oxygen atoms in total. The summed E-state index contributed by atoms with van der Waals surface area (Å²) in [6.07, 6.45) is 0. The van der Waals surface area contributed by atoms with Crippen LogP contribution in [0.25, 0.3) is 0 Å². The summed E-state index contributed by atoms with van der Waals surface area (Å²) in [4.78, 5) is 12.7. The van der Waals surface area contributed by atoms with E-state index in [4.69, 9.17) is 5.73 Å². The summed E-state index contributed by atoms with van der Waals surface area (Å²) in [5, 5.41) is 13.8. The SMILES string of the molecule is Cc1cc(CNc2ccc([N+](=O)[O-])cc2N)sc1C. The molecule has 100 valence electrons. The van der Waals surface area contributed by atoms with Gasteiger partial charge in [-0.1, -0.05) is 0 Å². The lowest BCUT2D eigenvalue weighted by Crippen LogP contribution is -2.02. The number of nitro benzene ring substituents is 1. The largest absolute Gasteiger partial charge is 0.397 e. The topological polar surface area (TPSA) is 81.2 Å². The number of aryl methyl sites for hydroxylation is 2. The van der Waals surface area contributed by atoms with Gasteiger partial charge in [0.2, 0.25) is 0 Å². The predicted octanol–water partition coefficient (Wildman–Crippen LogP) is 3.47. The van der Waals surface area contributed by atoms with E-state index in [1.54, 1.807) is 17.4 Å². The van der Waals surface area contributed by atoms with Crippen LogP contribution in [-0.2, 0) is 6.54 Å². The van der Waals surface area contributed by atoms with Crippen LogP contribution in [0.3, 0.4) is 0 Å². The molecule has 0 amide bonds. The zero-order chi connectivity index (χ0) is 14.0. The van der Waals surface area contributed by atoms with E-state index in [2.05, 4.69) is 25.2 Å². The van der Waals surface area contributed by atoms with E-state index in [0.717, 1.165) is 0 Å². The van der Waals surface area contributed by atoms with Gasteiger partial charge in [0.25, 0.3) is 5.69 Å². The number of non-ortho nitro benzene ring substituents is 1. The first-order valence-electron chi connectivity index (χ1n) is 5.81. The fourth-order valence-electron chi connectivity index (χ4n) is 1.74. The Morgan fingerprint density at radius 3 is 2.63 bits per heavy atom. The van der Waals surface area contributed by atoms with Crippen LogP contribution in [0, 0.1) is 24.0 Å². The van der Waals surface area contributed by atoms with Gasteiger partial charge in [0.1, 0.15) is 0 Å². The van der Waals surface area contributed by atoms with Crippen molar-refractivity contribution in [2.45, 2.75) is 20.4 Å². The molecule has 0 saturated carbocycles. The van der Waals surface area contributed by atoms with Crippen molar-refractivity contribution in [3.63, 3.8) is 0 Å². The number of rotatable bonds is 4. The quantitative estimate of drug-likeness (QED) is 0.509. The molecule has 3 N–H and O–H groups in total. The van der Waals surface area contributed by atoms with Gasteiger partial charge in [0.15, 0.2) is 0 Å². The molecule has 0 aliphatic carbocycles. The predicted molar refractivity (Wildman–Crippen MR) is 78.6 cm³/mol. The highest BCUT2D eigenvalue weighted by atomic mass is 32.1. The number of hydrogen-bond acceptors (Lipinski definition) is 5. The maximum absolute atomic E-state index is 10.6. The Labute approximate surface area is 115 Å². The van der Waals surface area contributed by atoms with Crippen LogP contribution in [0.4, 0.5) is 17.1 Å². The molecule has 0 aliphatic rings. The van der Waals surface area contributed by atoms with Gasteiger partial charge in [-0.05, 0) is 31.5 Å². The van der Waals surface area contributed by atoms with Crippen molar-refractivity contribution < 1.29 is 4.92 Å². The van der Waals surface area contributed by atoms with Crippen molar-refractivity contribution in [3.05, 3.63) is 49.7 Å². The number of nitrogens with two attached hydrogens (primary N) is 1. The highest BCUT2D eigenvalue weighted by Crippen LogP contribution is 2.26. The van der Waals surface area contributed by atoms with Crippen LogP contribution in [0.15, 0.2) is 24.3 Å². The van der Waals surface area contributed by atoms with Crippen LogP contribution in [-0.4, -0.2) is 4.92 Å². The Morgan fingerprint density at radius 1 is 1.37 bits per heavy atom. The van der Waals surface area contributed by atoms with Gasteiger partial charge in [-0.15, -0.1) is 11.3 Å². The third-order valence-corrected chi connectivity index (χ3v) is 4.07. The minimum Gasteiger partial charge on any atom is -0.397 e. The lowest BCUT2D eigenvalue weighted by atomic mass is 10.2. The van der Waals surface area contributed by atoms with Crippen LogP contribution in [0.1, 0.15) is 15.3 Å². The van der Waals surface area contributed by atoms with Crippen LogP contribution >= 0.6 is 11.3 Å². The molecule has 0 radical (unpaired) electrons. The van der Waals surface area contributed by atoms with E-state index in [1.165, 1.54) is 27.5 Å². The Morgan fingerprint density at radius 2 is 2.11 bits per heavy atom. The number of benzene rings is 1. The number of nitrogens with zero attached hydrogens (tertiary/aromatic N) is 1. The molecule has 19 heavy (non-hydrogen) atoms. The Balaban J connectivity index is 2.09. The normalized spacial score (nSPS) is 10.4. The molecule has 0 fully saturated rings. The summed E-state index contributed by atoms with van der Waals surface area (Å²) in [6.45, 7) is 4.83. The maximum Gasteiger partial charge on any atom is 0.271 e. The van der Waals surface area contributed by atoms with Crippen LogP contribution in [0.2, 0.25) is 0 Å². The van der Waals surface area contributed by atoms with E-state index >= 15 is 0 Å². The second-order valence-electron chi connectivity index (χ2n) is 4.33. The average Bonchev–Trinajstić information content (AvgIpc) is 2.67. The molecule has 0 saturated heterocycles. The van der Waals surface area contributed by atoms with Crippen molar-refractivity contribution in [1.82, 2.24) is 0 Å². The minimum atomic E-state index is -0.452. The Bertz CT molecular complexity index is 603. The summed E-state index contributed by atoms with van der Waals surface area (Å²) >= 11 is 1.74. The smallest absolute Gasteiger partial charge is 0.271 e. The maximum atomic E-state index is 10.6. The van der Waals surface area contributed by atoms with E-state index in [-0.39, 0.29) is 5.69 Å². The zero-order valence-corrected chi connectivity index (χ0v) is 11.6. The van der Waals surface area contributed by atoms with Gasteiger partial charge in [-0.3, -0.25) is 10.1 Å². The van der Waals surface area contributed by atoms with Gasteiger partial charge in [0.05, 0.1) is 16.3 Å². The van der Waals surface area contributed by atoms with Crippen LogP contribution in [0.5, 0.6) is 0 Å². The third kappa shape index (κ3) is 3.03. The zero-order valence-electron chi connectivity index (χ0n) is 10.8. The first-order chi connectivity index (χ1) is 8.97. The summed E-state index contributed by atoms with van der Waals surface area (Å²) in [6, 6.07) is 6.59. The van der Waals surface area contributed by atoms with Crippen molar-refractivity contribution in [2.24, 2.45) is 0 Å². The van der Waals surface area contributed by atoms with Crippen molar-refractivity contribution in [1.29, 1.82) is 0 Å². The van der Waals surface area contributed by atoms with E-state index < -0.39 is 4.92 Å². The summed E-state index contributed by atoms with van der Waals surface area (Å²) in [7, 11) is 0. The highest BCUT2D eigenvalue weighted by Gasteiger charge is 2.09. The fourth-order valence-corrected chi connectivity index (χ4v) is 2.74. The molecule has 0 atom stereocenters. The molecule has 1 aromatic carbocycles. The molecule has 6 heteroatoms. The summed E-state index contributed by atoms with van der Waals surface area (Å²) in [5.41, 5.74) is 8.18. The lowest BCUT2D eigenvalue weighted by Gasteiger charge is -2.07. The molecule has 1 heterocycles. The second kappa shape index (κ2) is 5.27. The van der Waals surface area contributed by atoms with E-state index in [9.17, 15) is 10.1 Å². The number of thiophene rings is 1. The first-order valence-corrected chi connectivity index (χ1v) is 6.62. The highest BCUT2D eigenvalue weighted by molar-refractivity contribution is 7.12. The van der Waals surface area contributed by atoms with Gasteiger partial charge < -0.3 is 11.1 Å². The monoisotopic (exact) mass is 277 g/mol. The lowest BCUT2D eigenvalue weighted by molar-refractivity contribution is -0.384. The van der Waals surface area contributed by atoms with Gasteiger partial charge in [-0.25, -0.2) is 0 Å². The van der Waals surface area contributed by atoms with Crippen molar-refractivity contribution >= 4 is 28.4 Å². The number of nitro groups is 1. The molecule has 0 unspecified atom stereocenters. The van der Waals surface area contributed by atoms with Gasteiger partial charge in [0, 0.05) is 28.4 Å². The van der Waals surface area contributed by atoms with Crippen molar-refractivity contribution in [2.75, 3.05) is 11.1 Å². The molecule has 0 spiro atoms. The van der Waals surface area contributed by atoms with Gasteiger partial charge >= 0.3 is 0 Å². The average molecular weight is 277 g/mol. The van der Waals surface area contributed by atoms with Gasteiger partial charge in [-0.2, -0.15) is 0 Å². The second-order valence-corrected chi connectivity index (χ2v) is 5.68. The number of nitrogen functional groups attached to an aromatic ring is 1. The molecular formula is C13H15N3O2S. The standard InChI is InChI=1S/C13H15N3O2S/c1-8-5-11(19-9(8)2)7-15-13-4-3-10(16(17)18)6-12(13)14/h3-6,15H,7,14H2,1-2H3. The van der Waals surface area contributed by atoms with Crippen LogP contribution < -0.4 is 11.1 Å².